The molecule has 0 aliphatic carbocycles. The molecule has 0 heterocycles. The van der Waals surface area contributed by atoms with Gasteiger partial charge in [-0.3, -0.25) is 8.42 Å². The van der Waals surface area contributed by atoms with Gasteiger partial charge in [0.25, 0.3) is 0 Å². The van der Waals surface area contributed by atoms with E-state index >= 15 is 0 Å². The molecule has 0 saturated carbocycles. The molecule has 0 aliphatic rings. The lowest BCUT2D eigenvalue weighted by molar-refractivity contribution is 0.677. The smallest absolute Gasteiger partial charge is 0.0485 e. The predicted molar refractivity (Wildman–Crippen MR) is 86.3 cm³/mol. The van der Waals surface area contributed by atoms with Crippen molar-refractivity contribution in [2.75, 3.05) is 11.5 Å². The monoisotopic (exact) mass is 306 g/mol. The van der Waals surface area contributed by atoms with E-state index in [4.69, 9.17) is 0 Å². The second-order valence-corrected chi connectivity index (χ2v) is 7.70. The molecule has 2 nitrogen and oxygen atoms in total. The summed E-state index contributed by atoms with van der Waals surface area (Å²) in [6.45, 7) is 0. The molecule has 0 saturated heterocycles. The van der Waals surface area contributed by atoms with Gasteiger partial charge < -0.3 is 0 Å². The van der Waals surface area contributed by atoms with Gasteiger partial charge in [-0.1, -0.05) is 60.7 Å². The Kier molecular flexibility index (Phi) is 6.15. The molecule has 4 heteroatoms. The summed E-state index contributed by atoms with van der Waals surface area (Å²) in [7, 11) is -1.89. The Bertz CT molecular complexity index is 514. The summed E-state index contributed by atoms with van der Waals surface area (Å²) in [5.41, 5.74) is 2.14. The van der Waals surface area contributed by atoms with E-state index in [1.165, 1.54) is 0 Å². The molecule has 0 aromatic heterocycles. The maximum absolute atomic E-state index is 11.9. The largest absolute Gasteiger partial charge is 0.259 e. The van der Waals surface area contributed by atoms with Crippen molar-refractivity contribution in [1.29, 1.82) is 0 Å². The van der Waals surface area contributed by atoms with Crippen molar-refractivity contribution in [3.05, 3.63) is 71.8 Å². The summed E-state index contributed by atoms with van der Waals surface area (Å²) in [5.74, 6) is 2.08. The van der Waals surface area contributed by atoms with Gasteiger partial charge >= 0.3 is 0 Å². The Balaban J connectivity index is 1.75. The SMILES string of the molecule is O=[S@](CC[S@](=O)Cc1ccccc1)Cc1ccccc1. The zero-order chi connectivity index (χ0) is 14.2. The van der Waals surface area contributed by atoms with E-state index < -0.39 is 21.6 Å². The van der Waals surface area contributed by atoms with Gasteiger partial charge in [0, 0.05) is 44.6 Å². The van der Waals surface area contributed by atoms with Crippen LogP contribution in [0.4, 0.5) is 0 Å². The van der Waals surface area contributed by atoms with Gasteiger partial charge in [-0.15, -0.1) is 0 Å². The van der Waals surface area contributed by atoms with Crippen molar-refractivity contribution in [2.45, 2.75) is 11.5 Å². The molecular formula is C16H18O2S2. The van der Waals surface area contributed by atoms with Crippen LogP contribution in [0, 0.1) is 0 Å². The molecular weight excluding hydrogens is 288 g/mol. The third kappa shape index (κ3) is 5.39. The van der Waals surface area contributed by atoms with Crippen molar-refractivity contribution in [1.82, 2.24) is 0 Å². The molecule has 2 aromatic carbocycles. The average Bonchev–Trinajstić information content (AvgIpc) is 2.47. The lowest BCUT2D eigenvalue weighted by Gasteiger charge is -2.04. The molecule has 0 bridgehead atoms. The number of rotatable bonds is 7. The van der Waals surface area contributed by atoms with Gasteiger partial charge in [-0.2, -0.15) is 0 Å². The second kappa shape index (κ2) is 8.12. The van der Waals surface area contributed by atoms with E-state index in [0.29, 0.717) is 23.0 Å². The molecule has 2 atom stereocenters. The second-order valence-electron chi connectivity index (χ2n) is 4.55. The normalized spacial score (nSPS) is 13.8. The highest BCUT2D eigenvalue weighted by molar-refractivity contribution is 7.88. The van der Waals surface area contributed by atoms with Gasteiger partial charge in [0.1, 0.15) is 0 Å². The minimum Gasteiger partial charge on any atom is -0.259 e. The van der Waals surface area contributed by atoms with Crippen LogP contribution in [-0.2, 0) is 33.1 Å². The zero-order valence-corrected chi connectivity index (χ0v) is 12.9. The number of benzene rings is 2. The van der Waals surface area contributed by atoms with Crippen LogP contribution in [0.3, 0.4) is 0 Å². The van der Waals surface area contributed by atoms with Gasteiger partial charge in [0.05, 0.1) is 0 Å². The van der Waals surface area contributed by atoms with Crippen molar-refractivity contribution in [2.24, 2.45) is 0 Å². The van der Waals surface area contributed by atoms with E-state index in [9.17, 15) is 8.42 Å². The number of hydrogen-bond acceptors (Lipinski definition) is 2. The van der Waals surface area contributed by atoms with Gasteiger partial charge in [0.2, 0.25) is 0 Å². The molecule has 0 unspecified atom stereocenters. The van der Waals surface area contributed by atoms with Crippen LogP contribution in [0.5, 0.6) is 0 Å². The molecule has 20 heavy (non-hydrogen) atoms. The summed E-state index contributed by atoms with van der Waals surface area (Å²) in [4.78, 5) is 0. The van der Waals surface area contributed by atoms with Crippen LogP contribution >= 0.6 is 0 Å². The molecule has 0 fully saturated rings. The summed E-state index contributed by atoms with van der Waals surface area (Å²) < 4.78 is 23.9. The highest BCUT2D eigenvalue weighted by atomic mass is 32.2. The highest BCUT2D eigenvalue weighted by Gasteiger charge is 2.06. The lowest BCUT2D eigenvalue weighted by Crippen LogP contribution is -2.11. The van der Waals surface area contributed by atoms with E-state index in [1.54, 1.807) is 0 Å². The molecule has 2 rings (SSSR count). The Morgan fingerprint density at radius 1 is 0.600 bits per heavy atom. The van der Waals surface area contributed by atoms with Crippen LogP contribution in [0.2, 0.25) is 0 Å². The number of hydrogen-bond donors (Lipinski definition) is 0. The zero-order valence-electron chi connectivity index (χ0n) is 11.2. The van der Waals surface area contributed by atoms with Crippen molar-refractivity contribution >= 4 is 21.6 Å². The fourth-order valence-electron chi connectivity index (χ4n) is 1.85. The van der Waals surface area contributed by atoms with Crippen molar-refractivity contribution in [3.63, 3.8) is 0 Å². The molecule has 0 amide bonds. The minimum absolute atomic E-state index is 0.494. The van der Waals surface area contributed by atoms with Crippen molar-refractivity contribution in [3.8, 4) is 0 Å². The third-order valence-electron chi connectivity index (χ3n) is 2.88. The van der Waals surface area contributed by atoms with Gasteiger partial charge in [-0.05, 0) is 11.1 Å². The summed E-state index contributed by atoms with van der Waals surface area (Å²) in [6.07, 6.45) is 0. The maximum atomic E-state index is 11.9. The highest BCUT2D eigenvalue weighted by Crippen LogP contribution is 2.06. The fraction of sp³-hybridized carbons (Fsp3) is 0.250. The first-order chi connectivity index (χ1) is 9.74. The minimum atomic E-state index is -0.943. The molecule has 0 radical (unpaired) electrons. The molecule has 106 valence electrons. The Morgan fingerprint density at radius 2 is 0.950 bits per heavy atom. The first-order valence-electron chi connectivity index (χ1n) is 6.52. The van der Waals surface area contributed by atoms with Crippen LogP contribution in [0.1, 0.15) is 11.1 Å². The first-order valence-corrected chi connectivity index (χ1v) is 9.49. The Labute approximate surface area is 125 Å². The van der Waals surface area contributed by atoms with Gasteiger partial charge in [0.15, 0.2) is 0 Å². The van der Waals surface area contributed by atoms with E-state index in [-0.39, 0.29) is 0 Å². The summed E-state index contributed by atoms with van der Waals surface area (Å²) >= 11 is 0. The quantitative estimate of drug-likeness (QED) is 0.788. The summed E-state index contributed by atoms with van der Waals surface area (Å²) in [5, 5.41) is 0. The standard InChI is InChI=1S/C16H18O2S2/c17-19(13-15-7-3-1-4-8-15)11-12-20(18)14-16-9-5-2-6-10-16/h1-10H,11-14H2/t19-,20+. The molecule has 0 N–H and O–H groups in total. The first kappa shape index (κ1) is 15.1. The topological polar surface area (TPSA) is 34.1 Å². The maximum Gasteiger partial charge on any atom is 0.0485 e. The Hall–Kier alpha value is -1.26. The van der Waals surface area contributed by atoms with E-state index in [1.807, 2.05) is 60.7 Å². The van der Waals surface area contributed by atoms with Crippen LogP contribution in [0.15, 0.2) is 60.7 Å². The summed E-state index contributed by atoms with van der Waals surface area (Å²) in [6, 6.07) is 19.6. The lowest BCUT2D eigenvalue weighted by atomic mass is 10.2. The van der Waals surface area contributed by atoms with Crippen LogP contribution in [0.25, 0.3) is 0 Å². The molecule has 0 aliphatic heterocycles. The fourth-order valence-corrected chi connectivity index (χ4v) is 4.75. The average molecular weight is 306 g/mol. The predicted octanol–water partition coefficient (Wildman–Crippen LogP) is 2.88. The van der Waals surface area contributed by atoms with E-state index in [0.717, 1.165) is 11.1 Å². The molecule has 2 aromatic rings. The van der Waals surface area contributed by atoms with Gasteiger partial charge in [-0.25, -0.2) is 0 Å². The van der Waals surface area contributed by atoms with Crippen molar-refractivity contribution < 1.29 is 8.42 Å². The Morgan fingerprint density at radius 3 is 1.30 bits per heavy atom. The van der Waals surface area contributed by atoms with E-state index in [2.05, 4.69) is 0 Å². The molecule has 0 spiro atoms. The van der Waals surface area contributed by atoms with Crippen LogP contribution in [-0.4, -0.2) is 19.9 Å². The van der Waals surface area contributed by atoms with Crippen LogP contribution < -0.4 is 0 Å². The third-order valence-corrected chi connectivity index (χ3v) is 5.77.